The minimum Gasteiger partial charge on any atom is -0.381 e. The number of thiophene rings is 1. The lowest BCUT2D eigenvalue weighted by Crippen LogP contribution is -2.41. The highest BCUT2D eigenvalue weighted by molar-refractivity contribution is 7.17. The third-order valence-electron chi connectivity index (χ3n) is 6.03. The van der Waals surface area contributed by atoms with Gasteiger partial charge in [-0.2, -0.15) is 0 Å². The summed E-state index contributed by atoms with van der Waals surface area (Å²) >= 11 is 3.35. The van der Waals surface area contributed by atoms with Crippen LogP contribution in [0.15, 0.2) is 47.2 Å². The first-order chi connectivity index (χ1) is 15.6. The Kier molecular flexibility index (Phi) is 6.04. The number of nitrogens with zero attached hydrogens (tertiary/aromatic N) is 3. The number of pyridine rings is 1. The Bertz CT molecular complexity index is 1240. The van der Waals surface area contributed by atoms with Gasteiger partial charge in [0.2, 0.25) is 0 Å². The first-order valence-electron chi connectivity index (χ1n) is 10.8. The second kappa shape index (κ2) is 9.10. The molecule has 5 nitrogen and oxygen atoms in total. The highest BCUT2D eigenvalue weighted by Gasteiger charge is 2.25. The first kappa shape index (κ1) is 21.2. The number of fused-ring (bicyclic) bond motifs is 1. The second-order valence-corrected chi connectivity index (χ2v) is 10.2. The number of thiazole rings is 1. The molecular weight excluding hydrogens is 438 g/mol. The number of aryl methyl sites for hydroxylation is 1. The molecule has 1 aliphatic rings. The molecule has 4 heterocycles. The van der Waals surface area contributed by atoms with Crippen molar-refractivity contribution in [1.82, 2.24) is 14.9 Å². The van der Waals surface area contributed by atoms with Gasteiger partial charge in [0, 0.05) is 37.2 Å². The second-order valence-electron chi connectivity index (χ2n) is 8.19. The van der Waals surface area contributed by atoms with Gasteiger partial charge in [-0.05, 0) is 54.8 Å². The molecule has 32 heavy (non-hydrogen) atoms. The smallest absolute Gasteiger partial charge is 0.272 e. The van der Waals surface area contributed by atoms with Crippen LogP contribution in [-0.4, -0.2) is 47.1 Å². The van der Waals surface area contributed by atoms with Gasteiger partial charge in [0.1, 0.15) is 5.69 Å². The number of rotatable bonds is 5. The Hall–Kier alpha value is -2.61. The predicted molar refractivity (Wildman–Crippen MR) is 131 cm³/mol. The maximum absolute atomic E-state index is 13.2. The maximum Gasteiger partial charge on any atom is 0.272 e. The molecule has 0 atom stereocenters. The Morgan fingerprint density at radius 2 is 1.91 bits per heavy atom. The summed E-state index contributed by atoms with van der Waals surface area (Å²) in [6.45, 7) is 3.44. The number of hydrogen-bond donors (Lipinski definition) is 0. The van der Waals surface area contributed by atoms with Gasteiger partial charge in [-0.15, -0.1) is 22.7 Å². The fraction of sp³-hybridized carbons (Fsp3) is 0.320. The van der Waals surface area contributed by atoms with Crippen LogP contribution in [0.2, 0.25) is 0 Å². The van der Waals surface area contributed by atoms with E-state index in [9.17, 15) is 4.79 Å². The molecule has 7 heteroatoms. The van der Waals surface area contributed by atoms with Crippen molar-refractivity contribution in [2.75, 3.05) is 20.3 Å². The molecule has 1 amide bonds. The lowest BCUT2D eigenvalue weighted by Gasteiger charge is -2.31. The fourth-order valence-corrected chi connectivity index (χ4v) is 5.66. The Balaban J connectivity index is 1.41. The Morgan fingerprint density at radius 3 is 2.62 bits per heavy atom. The third-order valence-corrected chi connectivity index (χ3v) is 7.78. The Morgan fingerprint density at radius 1 is 1.12 bits per heavy atom. The summed E-state index contributed by atoms with van der Waals surface area (Å²) in [5.74, 6) is -0.0134. The average Bonchev–Trinajstić information content (AvgIpc) is 3.48. The van der Waals surface area contributed by atoms with Crippen LogP contribution >= 0.6 is 22.7 Å². The van der Waals surface area contributed by atoms with Crippen LogP contribution in [0.4, 0.5) is 0 Å². The van der Waals surface area contributed by atoms with Gasteiger partial charge in [0.05, 0.1) is 20.9 Å². The summed E-state index contributed by atoms with van der Waals surface area (Å²) < 4.78 is 6.60. The van der Waals surface area contributed by atoms with Gasteiger partial charge in [-0.25, -0.2) is 9.97 Å². The lowest BCUT2D eigenvalue weighted by atomic mass is 10.0. The molecular formula is C25H25N3O2S2. The minimum atomic E-state index is -0.0134. The molecule has 1 aromatic carbocycles. The molecule has 0 aliphatic carbocycles. The highest BCUT2D eigenvalue weighted by atomic mass is 32.1. The number of ether oxygens (including phenoxy) is 1. The predicted octanol–water partition coefficient (Wildman–Crippen LogP) is 5.57. The van der Waals surface area contributed by atoms with Crippen LogP contribution < -0.4 is 0 Å². The SMILES string of the molecule is Cc1nc(-c2ccc(Cc3cc(C(=O)N(C)C4CCOCC4)nc4ccsc34)cc2)cs1. The molecule has 0 spiro atoms. The van der Waals surface area contributed by atoms with Crippen molar-refractivity contribution in [3.63, 3.8) is 0 Å². The van der Waals surface area contributed by atoms with E-state index in [4.69, 9.17) is 9.72 Å². The number of carbonyl (C=O) groups is 1. The van der Waals surface area contributed by atoms with E-state index in [0.29, 0.717) is 18.9 Å². The van der Waals surface area contributed by atoms with Crippen molar-refractivity contribution >= 4 is 38.8 Å². The van der Waals surface area contributed by atoms with Crippen molar-refractivity contribution in [3.05, 3.63) is 69.0 Å². The summed E-state index contributed by atoms with van der Waals surface area (Å²) in [5.41, 5.74) is 5.92. The monoisotopic (exact) mass is 463 g/mol. The third kappa shape index (κ3) is 4.33. The van der Waals surface area contributed by atoms with Crippen molar-refractivity contribution < 1.29 is 9.53 Å². The van der Waals surface area contributed by atoms with Crippen LogP contribution in [0.25, 0.3) is 21.5 Å². The molecule has 164 valence electrons. The summed E-state index contributed by atoms with van der Waals surface area (Å²) in [4.78, 5) is 24.3. The van der Waals surface area contributed by atoms with Crippen LogP contribution in [0.5, 0.6) is 0 Å². The van der Waals surface area contributed by atoms with E-state index >= 15 is 0 Å². The molecule has 0 saturated carbocycles. The van der Waals surface area contributed by atoms with E-state index in [0.717, 1.165) is 51.3 Å². The molecule has 1 saturated heterocycles. The van der Waals surface area contributed by atoms with E-state index in [-0.39, 0.29) is 11.9 Å². The van der Waals surface area contributed by atoms with Crippen LogP contribution in [0, 0.1) is 6.92 Å². The van der Waals surface area contributed by atoms with Gasteiger partial charge in [0.15, 0.2) is 0 Å². The standard InChI is InChI=1S/C25H25N3O2S2/c1-16-26-23(15-32-16)18-5-3-17(4-6-18)13-19-14-22(27-21-9-12-31-24(19)21)25(29)28(2)20-7-10-30-11-8-20/h3-6,9,12,14-15,20H,7-8,10-11,13H2,1-2H3. The molecule has 1 aliphatic heterocycles. The van der Waals surface area contributed by atoms with E-state index in [2.05, 4.69) is 34.6 Å². The highest BCUT2D eigenvalue weighted by Crippen LogP contribution is 2.28. The molecule has 0 unspecified atom stereocenters. The molecule has 0 radical (unpaired) electrons. The molecule has 3 aromatic heterocycles. The van der Waals surface area contributed by atoms with E-state index in [1.807, 2.05) is 36.4 Å². The molecule has 4 aromatic rings. The normalized spacial score (nSPS) is 14.7. The number of benzene rings is 1. The van der Waals surface area contributed by atoms with Crippen molar-refractivity contribution in [1.29, 1.82) is 0 Å². The zero-order valence-corrected chi connectivity index (χ0v) is 19.8. The van der Waals surface area contributed by atoms with E-state index in [1.165, 1.54) is 5.56 Å². The van der Waals surface area contributed by atoms with Gasteiger partial charge in [-0.1, -0.05) is 24.3 Å². The van der Waals surface area contributed by atoms with Crippen LogP contribution in [0.3, 0.4) is 0 Å². The average molecular weight is 464 g/mol. The van der Waals surface area contributed by atoms with Crippen molar-refractivity contribution in [3.8, 4) is 11.3 Å². The van der Waals surface area contributed by atoms with Crippen LogP contribution in [-0.2, 0) is 11.2 Å². The van der Waals surface area contributed by atoms with Crippen LogP contribution in [0.1, 0.15) is 39.5 Å². The van der Waals surface area contributed by atoms with E-state index in [1.54, 1.807) is 22.7 Å². The molecule has 0 bridgehead atoms. The number of amides is 1. The molecule has 1 fully saturated rings. The molecule has 0 N–H and O–H groups in total. The zero-order valence-electron chi connectivity index (χ0n) is 18.2. The van der Waals surface area contributed by atoms with Gasteiger partial charge >= 0.3 is 0 Å². The zero-order chi connectivity index (χ0) is 22.1. The number of aromatic nitrogens is 2. The largest absolute Gasteiger partial charge is 0.381 e. The maximum atomic E-state index is 13.2. The molecule has 5 rings (SSSR count). The van der Waals surface area contributed by atoms with Crippen molar-refractivity contribution in [2.45, 2.75) is 32.2 Å². The summed E-state index contributed by atoms with van der Waals surface area (Å²) in [6, 6.07) is 12.8. The van der Waals surface area contributed by atoms with Gasteiger partial charge in [0.25, 0.3) is 5.91 Å². The van der Waals surface area contributed by atoms with Gasteiger partial charge < -0.3 is 9.64 Å². The first-order valence-corrected chi connectivity index (χ1v) is 12.6. The quantitative estimate of drug-likeness (QED) is 0.388. The van der Waals surface area contributed by atoms with Crippen molar-refractivity contribution in [2.24, 2.45) is 0 Å². The summed E-state index contributed by atoms with van der Waals surface area (Å²) in [5, 5.41) is 5.21. The topological polar surface area (TPSA) is 55.3 Å². The summed E-state index contributed by atoms with van der Waals surface area (Å²) in [7, 11) is 1.89. The fourth-order valence-electron chi connectivity index (χ4n) is 4.19. The minimum absolute atomic E-state index is 0.0134. The number of hydrogen-bond acceptors (Lipinski definition) is 6. The summed E-state index contributed by atoms with van der Waals surface area (Å²) in [6.07, 6.45) is 2.51. The van der Waals surface area contributed by atoms with E-state index < -0.39 is 0 Å². The number of carbonyl (C=O) groups excluding carboxylic acids is 1. The Labute approximate surface area is 195 Å². The van der Waals surface area contributed by atoms with Gasteiger partial charge in [-0.3, -0.25) is 4.79 Å². The lowest BCUT2D eigenvalue weighted by molar-refractivity contribution is 0.0359.